The predicted molar refractivity (Wildman–Crippen MR) is 55.5 cm³/mol. The van der Waals surface area contributed by atoms with Crippen LogP contribution in [0.5, 0.6) is 0 Å². The SMILES string of the molecule is CCCC(=O)C1=C(C)N(CC)OC1C. The van der Waals surface area contributed by atoms with Crippen molar-refractivity contribution in [1.82, 2.24) is 5.06 Å². The molecule has 1 aliphatic rings. The van der Waals surface area contributed by atoms with Crippen LogP contribution in [-0.4, -0.2) is 23.5 Å². The molecule has 0 radical (unpaired) electrons. The molecule has 0 aliphatic carbocycles. The monoisotopic (exact) mass is 197 g/mol. The van der Waals surface area contributed by atoms with E-state index in [1.807, 2.05) is 27.7 Å². The number of hydrogen-bond acceptors (Lipinski definition) is 3. The van der Waals surface area contributed by atoms with Crippen LogP contribution < -0.4 is 0 Å². The van der Waals surface area contributed by atoms with Gasteiger partial charge in [0.2, 0.25) is 0 Å². The van der Waals surface area contributed by atoms with Crippen LogP contribution >= 0.6 is 0 Å². The molecule has 0 aromatic heterocycles. The minimum absolute atomic E-state index is 0.0750. The number of ketones is 1. The molecule has 1 atom stereocenters. The number of hydrogen-bond donors (Lipinski definition) is 0. The molecule has 3 heteroatoms. The highest BCUT2D eigenvalue weighted by atomic mass is 16.7. The Morgan fingerprint density at radius 2 is 2.14 bits per heavy atom. The molecule has 0 spiro atoms. The molecule has 14 heavy (non-hydrogen) atoms. The number of hydroxylamine groups is 2. The van der Waals surface area contributed by atoms with Crippen molar-refractivity contribution in [1.29, 1.82) is 0 Å². The van der Waals surface area contributed by atoms with Crippen LogP contribution in [0.2, 0.25) is 0 Å². The molecule has 1 rings (SSSR count). The number of Topliss-reactive ketones (excluding diaryl/α,β-unsaturated/α-hetero) is 1. The summed E-state index contributed by atoms with van der Waals surface area (Å²) >= 11 is 0. The second-order valence-corrected chi connectivity index (χ2v) is 3.61. The summed E-state index contributed by atoms with van der Waals surface area (Å²) in [5.41, 5.74) is 1.84. The summed E-state index contributed by atoms with van der Waals surface area (Å²) in [6.07, 6.45) is 1.45. The van der Waals surface area contributed by atoms with Crippen LogP contribution in [0.4, 0.5) is 0 Å². The van der Waals surface area contributed by atoms with Gasteiger partial charge in [-0.3, -0.25) is 14.7 Å². The average molecular weight is 197 g/mol. The van der Waals surface area contributed by atoms with Crippen molar-refractivity contribution in [2.24, 2.45) is 0 Å². The molecule has 0 bridgehead atoms. The zero-order valence-corrected chi connectivity index (χ0v) is 9.46. The lowest BCUT2D eigenvalue weighted by Crippen LogP contribution is -2.18. The van der Waals surface area contributed by atoms with Gasteiger partial charge in [-0.1, -0.05) is 6.92 Å². The van der Waals surface area contributed by atoms with Gasteiger partial charge in [-0.05, 0) is 27.2 Å². The molecule has 0 saturated carbocycles. The van der Waals surface area contributed by atoms with Gasteiger partial charge in [-0.25, -0.2) is 0 Å². The molecule has 0 amide bonds. The fourth-order valence-corrected chi connectivity index (χ4v) is 1.85. The Kier molecular flexibility index (Phi) is 3.69. The standard InChI is InChI=1S/C11H19NO2/c1-5-7-10(13)11-8(3)12(6-2)14-9(11)4/h9H,5-7H2,1-4H3. The van der Waals surface area contributed by atoms with Crippen molar-refractivity contribution in [2.45, 2.75) is 46.6 Å². The Bertz CT molecular complexity index is 258. The third kappa shape index (κ3) is 1.98. The number of carbonyl (C=O) groups excluding carboxylic acids is 1. The molecule has 1 aliphatic heterocycles. The summed E-state index contributed by atoms with van der Waals surface area (Å²) in [4.78, 5) is 17.3. The van der Waals surface area contributed by atoms with Gasteiger partial charge in [0, 0.05) is 24.2 Å². The van der Waals surface area contributed by atoms with Gasteiger partial charge in [-0.15, -0.1) is 0 Å². The Morgan fingerprint density at radius 3 is 2.57 bits per heavy atom. The van der Waals surface area contributed by atoms with Gasteiger partial charge in [-0.2, -0.15) is 0 Å². The van der Waals surface area contributed by atoms with E-state index >= 15 is 0 Å². The van der Waals surface area contributed by atoms with Crippen molar-refractivity contribution in [2.75, 3.05) is 6.54 Å². The lowest BCUT2D eigenvalue weighted by atomic mass is 10.0. The van der Waals surface area contributed by atoms with Gasteiger partial charge in [0.15, 0.2) is 5.78 Å². The summed E-state index contributed by atoms with van der Waals surface area (Å²) < 4.78 is 0. The molecule has 80 valence electrons. The largest absolute Gasteiger partial charge is 0.294 e. The maximum Gasteiger partial charge on any atom is 0.163 e. The molecule has 0 N–H and O–H groups in total. The van der Waals surface area contributed by atoms with E-state index < -0.39 is 0 Å². The van der Waals surface area contributed by atoms with Crippen molar-refractivity contribution in [3.63, 3.8) is 0 Å². The number of rotatable bonds is 4. The molecular formula is C11H19NO2. The summed E-state index contributed by atoms with van der Waals surface area (Å²) in [6, 6.07) is 0. The summed E-state index contributed by atoms with van der Waals surface area (Å²) in [5.74, 6) is 0.230. The van der Waals surface area contributed by atoms with E-state index in [4.69, 9.17) is 4.84 Å². The van der Waals surface area contributed by atoms with E-state index in [-0.39, 0.29) is 11.9 Å². The summed E-state index contributed by atoms with van der Waals surface area (Å²) in [6.45, 7) is 8.71. The van der Waals surface area contributed by atoms with Crippen molar-refractivity contribution in [3.8, 4) is 0 Å². The topological polar surface area (TPSA) is 29.5 Å². The van der Waals surface area contributed by atoms with Crippen LogP contribution in [0.15, 0.2) is 11.3 Å². The van der Waals surface area contributed by atoms with E-state index in [0.29, 0.717) is 6.42 Å². The zero-order valence-electron chi connectivity index (χ0n) is 9.46. The second kappa shape index (κ2) is 4.60. The first kappa shape index (κ1) is 11.2. The van der Waals surface area contributed by atoms with E-state index in [1.165, 1.54) is 0 Å². The normalized spacial score (nSPS) is 22.0. The molecule has 0 fully saturated rings. The van der Waals surface area contributed by atoms with E-state index in [1.54, 1.807) is 5.06 Å². The Balaban J connectivity index is 2.83. The number of carbonyl (C=O) groups is 1. The third-order valence-corrected chi connectivity index (χ3v) is 2.52. The first-order valence-corrected chi connectivity index (χ1v) is 5.30. The molecular weight excluding hydrogens is 178 g/mol. The van der Waals surface area contributed by atoms with E-state index in [0.717, 1.165) is 24.2 Å². The highest BCUT2D eigenvalue weighted by Crippen LogP contribution is 2.26. The van der Waals surface area contributed by atoms with Crippen LogP contribution in [0, 0.1) is 0 Å². The highest BCUT2D eigenvalue weighted by Gasteiger charge is 2.30. The minimum atomic E-state index is -0.0750. The predicted octanol–water partition coefficient (Wildman–Crippen LogP) is 2.29. The van der Waals surface area contributed by atoms with Crippen molar-refractivity contribution < 1.29 is 9.63 Å². The van der Waals surface area contributed by atoms with Crippen molar-refractivity contribution in [3.05, 3.63) is 11.3 Å². The van der Waals surface area contributed by atoms with Gasteiger partial charge in [0.25, 0.3) is 0 Å². The third-order valence-electron chi connectivity index (χ3n) is 2.52. The average Bonchev–Trinajstić information content (AvgIpc) is 2.41. The maximum absolute atomic E-state index is 11.8. The van der Waals surface area contributed by atoms with Crippen LogP contribution in [-0.2, 0) is 9.63 Å². The maximum atomic E-state index is 11.8. The lowest BCUT2D eigenvalue weighted by Gasteiger charge is -2.16. The van der Waals surface area contributed by atoms with Crippen LogP contribution in [0.25, 0.3) is 0 Å². The lowest BCUT2D eigenvalue weighted by molar-refractivity contribution is -0.132. The van der Waals surface area contributed by atoms with Crippen molar-refractivity contribution >= 4 is 5.78 Å². The minimum Gasteiger partial charge on any atom is -0.294 e. The van der Waals surface area contributed by atoms with E-state index in [9.17, 15) is 4.79 Å². The molecule has 0 aromatic rings. The molecule has 1 heterocycles. The summed E-state index contributed by atoms with van der Waals surface area (Å²) in [5, 5.41) is 1.80. The van der Waals surface area contributed by atoms with Gasteiger partial charge in [0.1, 0.15) is 6.10 Å². The fraction of sp³-hybridized carbons (Fsp3) is 0.727. The highest BCUT2D eigenvalue weighted by molar-refractivity contribution is 5.97. The zero-order chi connectivity index (χ0) is 10.7. The van der Waals surface area contributed by atoms with Gasteiger partial charge >= 0.3 is 0 Å². The van der Waals surface area contributed by atoms with Crippen LogP contribution in [0.3, 0.4) is 0 Å². The second-order valence-electron chi connectivity index (χ2n) is 3.61. The fourth-order valence-electron chi connectivity index (χ4n) is 1.85. The summed E-state index contributed by atoms with van der Waals surface area (Å²) in [7, 11) is 0. The Labute approximate surface area is 85.7 Å². The van der Waals surface area contributed by atoms with E-state index in [2.05, 4.69) is 0 Å². The van der Waals surface area contributed by atoms with Gasteiger partial charge in [0.05, 0.1) is 0 Å². The first-order valence-electron chi connectivity index (χ1n) is 5.30. The number of nitrogens with zero attached hydrogens (tertiary/aromatic N) is 1. The Hall–Kier alpha value is -0.830. The molecule has 3 nitrogen and oxygen atoms in total. The van der Waals surface area contributed by atoms with Gasteiger partial charge < -0.3 is 0 Å². The molecule has 0 saturated heterocycles. The molecule has 1 unspecified atom stereocenters. The molecule has 0 aromatic carbocycles. The first-order chi connectivity index (χ1) is 6.61. The Morgan fingerprint density at radius 1 is 1.50 bits per heavy atom. The number of allylic oxidation sites excluding steroid dienone is 1. The smallest absolute Gasteiger partial charge is 0.163 e. The van der Waals surface area contributed by atoms with Crippen LogP contribution in [0.1, 0.15) is 40.5 Å². The quantitative estimate of drug-likeness (QED) is 0.692.